The predicted octanol–water partition coefficient (Wildman–Crippen LogP) is 1.07. The summed E-state index contributed by atoms with van der Waals surface area (Å²) in [5.41, 5.74) is 0. The summed E-state index contributed by atoms with van der Waals surface area (Å²) in [6.45, 7) is 5.82. The number of rotatable bonds is 1. The fourth-order valence-electron chi connectivity index (χ4n) is 0.217. The quantitative estimate of drug-likeness (QED) is 0.379. The lowest BCUT2D eigenvalue weighted by molar-refractivity contribution is -0.107. The van der Waals surface area contributed by atoms with Gasteiger partial charge in [-0.25, -0.2) is 0 Å². The molecule has 0 aliphatic carbocycles. The van der Waals surface area contributed by atoms with Crippen molar-refractivity contribution < 1.29 is 4.79 Å². The van der Waals surface area contributed by atoms with E-state index in [2.05, 4.69) is 5.92 Å². The van der Waals surface area contributed by atoms with Crippen LogP contribution in [0, 0.1) is 12.3 Å². The van der Waals surface area contributed by atoms with Crippen LogP contribution in [-0.2, 0) is 4.79 Å². The van der Waals surface area contributed by atoms with Crippen LogP contribution in [-0.4, -0.2) is 13.5 Å². The monoisotopic (exact) mass is 126 g/mol. The highest BCUT2D eigenvalue weighted by Gasteiger charge is 2.21. The van der Waals surface area contributed by atoms with Crippen LogP contribution in [0.4, 0.5) is 0 Å². The molecule has 0 radical (unpaired) electrons. The Bertz CT molecular complexity index is 136. The van der Waals surface area contributed by atoms with Crippen LogP contribution in [0.25, 0.3) is 0 Å². The van der Waals surface area contributed by atoms with E-state index >= 15 is 0 Å². The van der Waals surface area contributed by atoms with Crippen LogP contribution < -0.4 is 0 Å². The molecule has 0 unspecified atom stereocenters. The Morgan fingerprint density at radius 1 is 1.50 bits per heavy atom. The summed E-state index contributed by atoms with van der Waals surface area (Å²) in [6, 6.07) is 0. The van der Waals surface area contributed by atoms with Crippen molar-refractivity contribution in [2.75, 3.05) is 0 Å². The van der Waals surface area contributed by atoms with Crippen molar-refractivity contribution in [2.24, 2.45) is 0 Å². The molecule has 0 aliphatic heterocycles. The second-order valence-corrected chi connectivity index (χ2v) is 7.68. The van der Waals surface area contributed by atoms with Crippen molar-refractivity contribution >= 4 is 13.5 Å². The lowest BCUT2D eigenvalue weighted by atomic mass is 10.8. The molecule has 0 N–H and O–H groups in total. The maximum absolute atomic E-state index is 10.7. The maximum atomic E-state index is 10.7. The normalized spacial score (nSPS) is 10.2. The zero-order valence-electron chi connectivity index (χ0n) is 5.49. The number of hydrogen-bond donors (Lipinski definition) is 0. The molecule has 1 nitrogen and oxygen atoms in total. The summed E-state index contributed by atoms with van der Waals surface area (Å²) in [4.78, 5) is 10.7. The first kappa shape index (κ1) is 7.45. The lowest BCUT2D eigenvalue weighted by Gasteiger charge is -2.06. The van der Waals surface area contributed by atoms with Crippen LogP contribution in [0.1, 0.15) is 0 Å². The van der Waals surface area contributed by atoms with Crippen molar-refractivity contribution in [3.8, 4) is 12.3 Å². The molecule has 44 valence electrons. The van der Waals surface area contributed by atoms with Crippen LogP contribution >= 0.6 is 0 Å². The second kappa shape index (κ2) is 2.14. The first-order chi connectivity index (χ1) is 3.48. The molecule has 0 bridgehead atoms. The van der Waals surface area contributed by atoms with Gasteiger partial charge in [-0.3, -0.25) is 4.79 Å². The van der Waals surface area contributed by atoms with Crippen LogP contribution in [0.3, 0.4) is 0 Å². The minimum Gasteiger partial charge on any atom is -0.291 e. The largest absolute Gasteiger partial charge is 0.291 e. The van der Waals surface area contributed by atoms with Crippen molar-refractivity contribution in [2.45, 2.75) is 19.6 Å². The molecule has 0 amide bonds. The molecule has 0 saturated heterocycles. The molecular formula is C6H10OSi. The third kappa shape index (κ3) is 1.94. The topological polar surface area (TPSA) is 17.1 Å². The summed E-state index contributed by atoms with van der Waals surface area (Å²) in [7, 11) is -1.64. The van der Waals surface area contributed by atoms with E-state index in [9.17, 15) is 4.79 Å². The summed E-state index contributed by atoms with van der Waals surface area (Å²) >= 11 is 0. The molecule has 0 heterocycles. The van der Waals surface area contributed by atoms with Crippen molar-refractivity contribution in [1.29, 1.82) is 0 Å². The molecule has 0 aliphatic rings. The fourth-order valence-corrected chi connectivity index (χ4v) is 0.650. The summed E-state index contributed by atoms with van der Waals surface area (Å²) < 4.78 is 0. The average molecular weight is 126 g/mol. The Hall–Kier alpha value is -0.553. The van der Waals surface area contributed by atoms with Crippen LogP contribution in [0.5, 0.6) is 0 Å². The Morgan fingerprint density at radius 3 is 1.88 bits per heavy atom. The van der Waals surface area contributed by atoms with Gasteiger partial charge in [0.1, 0.15) is 8.07 Å². The lowest BCUT2D eigenvalue weighted by Crippen LogP contribution is -2.31. The van der Waals surface area contributed by atoms with Crippen molar-refractivity contribution in [3.63, 3.8) is 0 Å². The summed E-state index contributed by atoms with van der Waals surface area (Å²) in [6.07, 6.45) is 4.89. The van der Waals surface area contributed by atoms with E-state index in [0.717, 1.165) is 0 Å². The molecule has 0 rings (SSSR count). The van der Waals surface area contributed by atoms with Crippen molar-refractivity contribution in [1.82, 2.24) is 0 Å². The maximum Gasteiger partial charge on any atom is 0.179 e. The molecule has 0 saturated carbocycles. The van der Waals surface area contributed by atoms with Gasteiger partial charge < -0.3 is 0 Å². The highest BCUT2D eigenvalue weighted by Crippen LogP contribution is 1.99. The third-order valence-corrected chi connectivity index (χ3v) is 2.32. The number of carbonyl (C=O) groups is 1. The Morgan fingerprint density at radius 2 is 1.88 bits per heavy atom. The zero-order chi connectivity index (χ0) is 6.78. The molecule has 0 aromatic carbocycles. The van der Waals surface area contributed by atoms with E-state index in [4.69, 9.17) is 6.42 Å². The van der Waals surface area contributed by atoms with Gasteiger partial charge in [-0.15, -0.1) is 6.42 Å². The Balaban J connectivity index is 4.09. The van der Waals surface area contributed by atoms with Gasteiger partial charge in [0.05, 0.1) is 0 Å². The predicted molar refractivity (Wildman–Crippen MR) is 37.2 cm³/mol. The first-order valence-corrected chi connectivity index (χ1v) is 5.99. The van der Waals surface area contributed by atoms with E-state index in [0.29, 0.717) is 0 Å². The Kier molecular flexibility index (Phi) is 2.00. The summed E-state index contributed by atoms with van der Waals surface area (Å²) in [5.74, 6) is 2.13. The number of hydrogen-bond acceptors (Lipinski definition) is 1. The Labute approximate surface area is 51.1 Å². The highest BCUT2D eigenvalue weighted by molar-refractivity contribution is 7.05. The van der Waals surface area contributed by atoms with E-state index in [1.807, 2.05) is 19.6 Å². The van der Waals surface area contributed by atoms with Gasteiger partial charge in [-0.2, -0.15) is 0 Å². The molecule has 2 heteroatoms. The number of carbonyl (C=O) groups excluding carboxylic acids is 1. The second-order valence-electron chi connectivity index (χ2n) is 2.72. The molecule has 0 spiro atoms. The first-order valence-electron chi connectivity index (χ1n) is 2.49. The third-order valence-electron chi connectivity index (χ3n) is 0.812. The molecule has 0 atom stereocenters. The van der Waals surface area contributed by atoms with Gasteiger partial charge in [0.25, 0.3) is 0 Å². The van der Waals surface area contributed by atoms with E-state index in [1.165, 1.54) is 0 Å². The van der Waals surface area contributed by atoms with Gasteiger partial charge in [0, 0.05) is 0 Å². The minimum atomic E-state index is -1.64. The molecule has 0 fully saturated rings. The van der Waals surface area contributed by atoms with Gasteiger partial charge in [-0.1, -0.05) is 19.6 Å². The van der Waals surface area contributed by atoms with E-state index < -0.39 is 8.07 Å². The van der Waals surface area contributed by atoms with E-state index in [-0.39, 0.29) is 5.41 Å². The van der Waals surface area contributed by atoms with Crippen LogP contribution in [0.2, 0.25) is 19.6 Å². The zero-order valence-corrected chi connectivity index (χ0v) is 6.49. The smallest absolute Gasteiger partial charge is 0.179 e. The standard InChI is InChI=1S/C6H10OSi/c1-5-6(7)8(2,3)4/h1H,2-4H3. The van der Waals surface area contributed by atoms with Gasteiger partial charge in [-0.05, 0) is 5.92 Å². The van der Waals surface area contributed by atoms with Gasteiger partial charge >= 0.3 is 0 Å². The van der Waals surface area contributed by atoms with Gasteiger partial charge in [0.2, 0.25) is 0 Å². The highest BCUT2D eigenvalue weighted by atomic mass is 28.3. The summed E-state index contributed by atoms with van der Waals surface area (Å²) in [5, 5.41) is -0.00231. The number of terminal acetylenes is 1. The molecular weight excluding hydrogens is 116 g/mol. The molecule has 0 aromatic rings. The SMILES string of the molecule is C#CC(=O)[Si](C)(C)C. The van der Waals surface area contributed by atoms with E-state index in [1.54, 1.807) is 0 Å². The molecule has 0 aromatic heterocycles. The van der Waals surface area contributed by atoms with Crippen LogP contribution in [0.15, 0.2) is 0 Å². The minimum absolute atomic E-state index is 0.00231. The molecule has 8 heavy (non-hydrogen) atoms. The van der Waals surface area contributed by atoms with Crippen molar-refractivity contribution in [3.05, 3.63) is 0 Å². The fraction of sp³-hybridized carbons (Fsp3) is 0.500. The van der Waals surface area contributed by atoms with Gasteiger partial charge in [0.15, 0.2) is 5.41 Å². The average Bonchev–Trinajstić information content (AvgIpc) is 1.62.